The molecule has 1 aromatic carbocycles. The highest BCUT2D eigenvalue weighted by Crippen LogP contribution is 2.31. The summed E-state index contributed by atoms with van der Waals surface area (Å²) in [5, 5.41) is 23.8. The zero-order valence-corrected chi connectivity index (χ0v) is 12.2. The second kappa shape index (κ2) is 7.26. The summed E-state index contributed by atoms with van der Waals surface area (Å²) in [6, 6.07) is 4.88. The van der Waals surface area contributed by atoms with Crippen molar-refractivity contribution in [3.05, 3.63) is 28.3 Å². The molecule has 2 N–H and O–H groups in total. The molecule has 0 radical (unpaired) electrons. The van der Waals surface area contributed by atoms with Gasteiger partial charge < -0.3 is 15.2 Å². The number of hydrogen-bond acceptors (Lipinski definition) is 5. The molecule has 0 saturated heterocycles. The van der Waals surface area contributed by atoms with Gasteiger partial charge in [-0.3, -0.25) is 10.1 Å². The van der Waals surface area contributed by atoms with Gasteiger partial charge in [0.15, 0.2) is 0 Å². The Morgan fingerprint density at radius 2 is 2.14 bits per heavy atom. The van der Waals surface area contributed by atoms with E-state index in [0.29, 0.717) is 18.0 Å². The predicted molar refractivity (Wildman–Crippen MR) is 80.7 cm³/mol. The summed E-state index contributed by atoms with van der Waals surface area (Å²) in [5.41, 5.74) is 0.692. The largest absolute Gasteiger partial charge is 0.494 e. The number of nitro groups is 1. The number of benzene rings is 1. The summed E-state index contributed by atoms with van der Waals surface area (Å²) >= 11 is 0. The van der Waals surface area contributed by atoms with Crippen molar-refractivity contribution >= 4 is 11.4 Å². The summed E-state index contributed by atoms with van der Waals surface area (Å²) < 4.78 is 5.39. The first-order valence-electron chi connectivity index (χ1n) is 7.43. The van der Waals surface area contributed by atoms with Crippen molar-refractivity contribution in [2.24, 2.45) is 5.92 Å². The molecule has 0 aliphatic heterocycles. The first-order valence-corrected chi connectivity index (χ1v) is 7.43. The van der Waals surface area contributed by atoms with Crippen LogP contribution in [0.5, 0.6) is 5.75 Å². The smallest absolute Gasteiger partial charge is 0.275 e. The highest BCUT2D eigenvalue weighted by atomic mass is 16.6. The van der Waals surface area contributed by atoms with Crippen LogP contribution in [0.15, 0.2) is 18.2 Å². The van der Waals surface area contributed by atoms with Crippen molar-refractivity contribution in [1.82, 2.24) is 0 Å². The van der Waals surface area contributed by atoms with Crippen LogP contribution in [-0.2, 0) is 0 Å². The van der Waals surface area contributed by atoms with Gasteiger partial charge in [-0.1, -0.05) is 12.8 Å². The Bertz CT molecular complexity index is 493. The fourth-order valence-electron chi connectivity index (χ4n) is 2.85. The van der Waals surface area contributed by atoms with Crippen molar-refractivity contribution in [1.29, 1.82) is 0 Å². The van der Waals surface area contributed by atoms with Crippen LogP contribution >= 0.6 is 0 Å². The standard InChI is InChI=1S/C15H22N2O4/c1-2-21-14-8-12(7-13(9-14)17(19)20)16-15-6-4-3-5-11(15)10-18/h7-9,11,15-16,18H,2-6,10H2,1H3. The lowest BCUT2D eigenvalue weighted by atomic mass is 9.85. The molecule has 2 atom stereocenters. The summed E-state index contributed by atoms with van der Waals surface area (Å²) in [6.45, 7) is 2.45. The first-order chi connectivity index (χ1) is 10.1. The topological polar surface area (TPSA) is 84.6 Å². The third kappa shape index (κ3) is 4.07. The second-order valence-electron chi connectivity index (χ2n) is 5.38. The number of aliphatic hydroxyl groups is 1. The van der Waals surface area contributed by atoms with E-state index in [1.54, 1.807) is 6.07 Å². The highest BCUT2D eigenvalue weighted by Gasteiger charge is 2.25. The highest BCUT2D eigenvalue weighted by molar-refractivity contribution is 5.57. The maximum atomic E-state index is 11.0. The van der Waals surface area contributed by atoms with Gasteiger partial charge in [-0.25, -0.2) is 0 Å². The number of ether oxygens (including phenoxy) is 1. The minimum atomic E-state index is -0.419. The minimum Gasteiger partial charge on any atom is -0.494 e. The number of nitro benzene ring substituents is 1. The lowest BCUT2D eigenvalue weighted by Crippen LogP contribution is -2.34. The van der Waals surface area contributed by atoms with Gasteiger partial charge in [-0.2, -0.15) is 0 Å². The van der Waals surface area contributed by atoms with Gasteiger partial charge >= 0.3 is 0 Å². The predicted octanol–water partition coefficient (Wildman–Crippen LogP) is 2.96. The van der Waals surface area contributed by atoms with Crippen LogP contribution in [-0.4, -0.2) is 29.3 Å². The lowest BCUT2D eigenvalue weighted by Gasteiger charge is -2.31. The second-order valence-corrected chi connectivity index (χ2v) is 5.38. The first kappa shape index (κ1) is 15.6. The number of non-ortho nitro benzene ring substituents is 1. The minimum absolute atomic E-state index is 0.0137. The summed E-state index contributed by atoms with van der Waals surface area (Å²) in [4.78, 5) is 10.6. The van der Waals surface area contributed by atoms with E-state index in [2.05, 4.69) is 5.32 Å². The Kier molecular flexibility index (Phi) is 5.38. The summed E-state index contributed by atoms with van der Waals surface area (Å²) in [7, 11) is 0. The summed E-state index contributed by atoms with van der Waals surface area (Å²) in [6.07, 6.45) is 4.20. The average Bonchev–Trinajstić information content (AvgIpc) is 2.48. The SMILES string of the molecule is CCOc1cc(NC2CCCCC2CO)cc([N+](=O)[O-])c1. The molecule has 0 spiro atoms. The molecular weight excluding hydrogens is 272 g/mol. The number of rotatable bonds is 6. The van der Waals surface area contributed by atoms with E-state index in [1.165, 1.54) is 12.1 Å². The van der Waals surface area contributed by atoms with Crippen molar-refractivity contribution in [3.8, 4) is 5.75 Å². The Morgan fingerprint density at radius 3 is 2.81 bits per heavy atom. The molecule has 0 heterocycles. The van der Waals surface area contributed by atoms with Crippen molar-refractivity contribution in [2.75, 3.05) is 18.5 Å². The third-order valence-electron chi connectivity index (χ3n) is 3.91. The molecule has 1 aliphatic carbocycles. The normalized spacial score (nSPS) is 21.8. The number of nitrogens with one attached hydrogen (secondary N) is 1. The Hall–Kier alpha value is -1.82. The maximum absolute atomic E-state index is 11.0. The van der Waals surface area contributed by atoms with Gasteiger partial charge in [0.25, 0.3) is 5.69 Å². The summed E-state index contributed by atoms with van der Waals surface area (Å²) in [5.74, 6) is 0.694. The van der Waals surface area contributed by atoms with Crippen LogP contribution in [0.3, 0.4) is 0 Å². The zero-order valence-electron chi connectivity index (χ0n) is 12.2. The van der Waals surface area contributed by atoms with Crippen LogP contribution in [0.25, 0.3) is 0 Å². The van der Waals surface area contributed by atoms with Crippen LogP contribution in [0, 0.1) is 16.0 Å². The van der Waals surface area contributed by atoms with Gasteiger partial charge in [0.05, 0.1) is 17.6 Å². The van der Waals surface area contributed by atoms with E-state index < -0.39 is 4.92 Å². The van der Waals surface area contributed by atoms with E-state index in [9.17, 15) is 15.2 Å². The molecule has 1 aliphatic rings. The van der Waals surface area contributed by atoms with E-state index in [1.807, 2.05) is 6.92 Å². The molecular formula is C15H22N2O4. The number of anilines is 1. The molecule has 1 fully saturated rings. The van der Waals surface area contributed by atoms with E-state index >= 15 is 0 Å². The van der Waals surface area contributed by atoms with E-state index in [0.717, 1.165) is 25.7 Å². The van der Waals surface area contributed by atoms with Gasteiger partial charge in [-0.05, 0) is 19.8 Å². The zero-order chi connectivity index (χ0) is 15.2. The molecule has 0 bridgehead atoms. The number of hydrogen-bond donors (Lipinski definition) is 2. The Labute approximate surface area is 124 Å². The molecule has 2 unspecified atom stereocenters. The number of nitrogens with zero attached hydrogens (tertiary/aromatic N) is 1. The average molecular weight is 294 g/mol. The number of aliphatic hydroxyl groups excluding tert-OH is 1. The Morgan fingerprint density at radius 1 is 1.38 bits per heavy atom. The molecule has 0 amide bonds. The quantitative estimate of drug-likeness (QED) is 0.622. The molecule has 6 nitrogen and oxygen atoms in total. The van der Waals surface area contributed by atoms with Crippen LogP contribution in [0.4, 0.5) is 11.4 Å². The molecule has 1 saturated carbocycles. The molecule has 116 valence electrons. The van der Waals surface area contributed by atoms with Gasteiger partial charge in [-0.15, -0.1) is 0 Å². The van der Waals surface area contributed by atoms with Crippen LogP contribution in [0.1, 0.15) is 32.6 Å². The monoisotopic (exact) mass is 294 g/mol. The third-order valence-corrected chi connectivity index (χ3v) is 3.91. The molecule has 2 rings (SSSR count). The Balaban J connectivity index is 2.19. The van der Waals surface area contributed by atoms with Crippen molar-refractivity contribution < 1.29 is 14.8 Å². The molecule has 1 aromatic rings. The molecule has 0 aromatic heterocycles. The van der Waals surface area contributed by atoms with Gasteiger partial charge in [0.1, 0.15) is 5.75 Å². The fourth-order valence-corrected chi connectivity index (χ4v) is 2.85. The van der Waals surface area contributed by atoms with Gasteiger partial charge in [0, 0.05) is 36.4 Å². The van der Waals surface area contributed by atoms with Crippen LogP contribution in [0.2, 0.25) is 0 Å². The lowest BCUT2D eigenvalue weighted by molar-refractivity contribution is -0.384. The maximum Gasteiger partial charge on any atom is 0.275 e. The molecule has 21 heavy (non-hydrogen) atoms. The van der Waals surface area contributed by atoms with Gasteiger partial charge in [0.2, 0.25) is 0 Å². The molecule has 6 heteroatoms. The van der Waals surface area contributed by atoms with E-state index in [4.69, 9.17) is 4.74 Å². The van der Waals surface area contributed by atoms with Crippen molar-refractivity contribution in [3.63, 3.8) is 0 Å². The van der Waals surface area contributed by atoms with Crippen molar-refractivity contribution in [2.45, 2.75) is 38.6 Å². The van der Waals surface area contributed by atoms with Crippen LogP contribution < -0.4 is 10.1 Å². The van der Waals surface area contributed by atoms with E-state index in [-0.39, 0.29) is 24.3 Å². The fraction of sp³-hybridized carbons (Fsp3) is 0.600.